The van der Waals surface area contributed by atoms with Crippen molar-refractivity contribution in [3.63, 3.8) is 0 Å². The van der Waals surface area contributed by atoms with E-state index < -0.39 is 0 Å². The van der Waals surface area contributed by atoms with Gasteiger partial charge in [0.05, 0.1) is 7.11 Å². The number of benzene rings is 1. The number of hydrogen-bond acceptors (Lipinski definition) is 2. The number of ether oxygens (including phenoxy) is 1. The lowest BCUT2D eigenvalue weighted by Crippen LogP contribution is -2.20. The number of nitrogens with zero attached hydrogens (tertiary/aromatic N) is 1. The molecule has 1 aromatic carbocycles. The molecule has 1 aliphatic heterocycles. The number of hydrogen-bond donors (Lipinski definition) is 0. The highest BCUT2D eigenvalue weighted by Gasteiger charge is 2.18. The summed E-state index contributed by atoms with van der Waals surface area (Å²) >= 11 is 0. The first-order valence-electron chi connectivity index (χ1n) is 6.75. The van der Waals surface area contributed by atoms with Crippen LogP contribution in [0, 0.1) is 0 Å². The Kier molecular flexibility index (Phi) is 4.43. The summed E-state index contributed by atoms with van der Waals surface area (Å²) in [6.07, 6.45) is 2.51. The van der Waals surface area contributed by atoms with E-state index >= 15 is 0 Å². The smallest absolute Gasteiger partial charge is 0.118 e. The van der Waals surface area contributed by atoms with Gasteiger partial charge in [-0.05, 0) is 31.0 Å². The second-order valence-electron chi connectivity index (χ2n) is 5.13. The van der Waals surface area contributed by atoms with Crippen molar-refractivity contribution in [1.82, 2.24) is 4.90 Å². The van der Waals surface area contributed by atoms with E-state index in [0.717, 1.165) is 25.4 Å². The first kappa shape index (κ1) is 13.2. The summed E-state index contributed by atoms with van der Waals surface area (Å²) in [5.74, 6) is 0.932. The molecule has 2 heteroatoms. The van der Waals surface area contributed by atoms with Crippen LogP contribution in [0.25, 0.3) is 0 Å². The first-order valence-corrected chi connectivity index (χ1v) is 6.75. The molecule has 0 saturated heterocycles. The SMILES string of the molecule is CCCC1=C(C)CN(Cc2ccc(OC)cc2)C1. The summed E-state index contributed by atoms with van der Waals surface area (Å²) in [7, 11) is 1.71. The number of methoxy groups -OCH3 is 1. The minimum Gasteiger partial charge on any atom is -0.497 e. The van der Waals surface area contributed by atoms with Gasteiger partial charge in [-0.2, -0.15) is 0 Å². The molecule has 2 nitrogen and oxygen atoms in total. The van der Waals surface area contributed by atoms with Crippen LogP contribution < -0.4 is 4.74 Å². The monoisotopic (exact) mass is 245 g/mol. The zero-order valence-electron chi connectivity index (χ0n) is 11.7. The summed E-state index contributed by atoms with van der Waals surface area (Å²) in [5.41, 5.74) is 4.58. The fourth-order valence-electron chi connectivity index (χ4n) is 2.60. The fourth-order valence-corrected chi connectivity index (χ4v) is 2.60. The Balaban J connectivity index is 1.92. The molecule has 1 heterocycles. The maximum Gasteiger partial charge on any atom is 0.118 e. The zero-order valence-corrected chi connectivity index (χ0v) is 11.7. The minimum absolute atomic E-state index is 0.932. The van der Waals surface area contributed by atoms with E-state index in [2.05, 4.69) is 30.9 Å². The van der Waals surface area contributed by atoms with Gasteiger partial charge in [0, 0.05) is 19.6 Å². The maximum absolute atomic E-state index is 5.18. The molecular formula is C16H23NO. The third-order valence-electron chi connectivity index (χ3n) is 3.60. The quantitative estimate of drug-likeness (QED) is 0.735. The molecule has 0 saturated carbocycles. The van der Waals surface area contributed by atoms with Crippen molar-refractivity contribution in [2.24, 2.45) is 0 Å². The molecule has 0 fully saturated rings. The largest absolute Gasteiger partial charge is 0.497 e. The van der Waals surface area contributed by atoms with Gasteiger partial charge in [-0.25, -0.2) is 0 Å². The van der Waals surface area contributed by atoms with Crippen molar-refractivity contribution in [3.8, 4) is 5.75 Å². The van der Waals surface area contributed by atoms with Crippen LogP contribution in [-0.2, 0) is 6.54 Å². The van der Waals surface area contributed by atoms with Gasteiger partial charge in [-0.1, -0.05) is 36.6 Å². The van der Waals surface area contributed by atoms with Crippen molar-refractivity contribution in [2.75, 3.05) is 20.2 Å². The van der Waals surface area contributed by atoms with Crippen LogP contribution in [0.1, 0.15) is 32.3 Å². The van der Waals surface area contributed by atoms with E-state index in [1.807, 2.05) is 12.1 Å². The Morgan fingerprint density at radius 3 is 2.50 bits per heavy atom. The van der Waals surface area contributed by atoms with Gasteiger partial charge in [0.1, 0.15) is 5.75 Å². The Morgan fingerprint density at radius 1 is 1.17 bits per heavy atom. The van der Waals surface area contributed by atoms with Gasteiger partial charge in [-0.15, -0.1) is 0 Å². The van der Waals surface area contributed by atoms with E-state index in [4.69, 9.17) is 4.74 Å². The molecule has 0 radical (unpaired) electrons. The van der Waals surface area contributed by atoms with Gasteiger partial charge < -0.3 is 4.74 Å². The molecule has 0 aromatic heterocycles. The van der Waals surface area contributed by atoms with Crippen molar-refractivity contribution in [2.45, 2.75) is 33.2 Å². The van der Waals surface area contributed by atoms with Gasteiger partial charge >= 0.3 is 0 Å². The molecule has 0 aliphatic carbocycles. The molecule has 98 valence electrons. The Bertz CT molecular complexity index is 419. The van der Waals surface area contributed by atoms with E-state index in [-0.39, 0.29) is 0 Å². The van der Waals surface area contributed by atoms with Crippen LogP contribution in [0.4, 0.5) is 0 Å². The highest BCUT2D eigenvalue weighted by Crippen LogP contribution is 2.23. The van der Waals surface area contributed by atoms with E-state index in [1.54, 1.807) is 18.3 Å². The van der Waals surface area contributed by atoms with Crippen LogP contribution in [0.5, 0.6) is 5.75 Å². The third kappa shape index (κ3) is 3.14. The van der Waals surface area contributed by atoms with E-state index in [1.165, 1.54) is 18.4 Å². The summed E-state index contributed by atoms with van der Waals surface area (Å²) in [6.45, 7) is 7.84. The van der Waals surface area contributed by atoms with Crippen molar-refractivity contribution >= 4 is 0 Å². The molecule has 0 atom stereocenters. The summed E-state index contributed by atoms with van der Waals surface area (Å²) in [4.78, 5) is 2.52. The lowest BCUT2D eigenvalue weighted by atomic mass is 10.1. The molecule has 0 spiro atoms. The van der Waals surface area contributed by atoms with Crippen LogP contribution in [-0.4, -0.2) is 25.1 Å². The summed E-state index contributed by atoms with van der Waals surface area (Å²) < 4.78 is 5.18. The van der Waals surface area contributed by atoms with E-state index in [0.29, 0.717) is 0 Å². The second-order valence-corrected chi connectivity index (χ2v) is 5.13. The van der Waals surface area contributed by atoms with Crippen molar-refractivity contribution < 1.29 is 4.74 Å². The first-order chi connectivity index (χ1) is 8.72. The van der Waals surface area contributed by atoms with E-state index in [9.17, 15) is 0 Å². The Hall–Kier alpha value is -1.28. The van der Waals surface area contributed by atoms with Gasteiger partial charge in [0.25, 0.3) is 0 Å². The average Bonchev–Trinajstić information content (AvgIpc) is 2.71. The second kappa shape index (κ2) is 6.05. The fraction of sp³-hybridized carbons (Fsp3) is 0.500. The molecule has 18 heavy (non-hydrogen) atoms. The third-order valence-corrected chi connectivity index (χ3v) is 3.60. The Labute approximate surface area is 110 Å². The van der Waals surface area contributed by atoms with Crippen molar-refractivity contribution in [3.05, 3.63) is 41.0 Å². The normalized spacial score (nSPS) is 16.4. The molecule has 1 aromatic rings. The standard InChI is InChI=1S/C16H23NO/c1-4-5-15-12-17(10-13(15)2)11-14-6-8-16(18-3)9-7-14/h6-9H,4-5,10-12H2,1-3H3. The predicted octanol–water partition coefficient (Wildman–Crippen LogP) is 3.63. The topological polar surface area (TPSA) is 12.5 Å². The molecule has 0 bridgehead atoms. The maximum atomic E-state index is 5.18. The minimum atomic E-state index is 0.932. The lowest BCUT2D eigenvalue weighted by molar-refractivity contribution is 0.335. The predicted molar refractivity (Wildman–Crippen MR) is 75.9 cm³/mol. The van der Waals surface area contributed by atoms with Gasteiger partial charge in [0.2, 0.25) is 0 Å². The van der Waals surface area contributed by atoms with Crippen molar-refractivity contribution in [1.29, 1.82) is 0 Å². The molecule has 2 rings (SSSR count). The molecular weight excluding hydrogens is 222 g/mol. The van der Waals surface area contributed by atoms with Gasteiger partial charge in [-0.3, -0.25) is 4.90 Å². The molecule has 0 unspecified atom stereocenters. The highest BCUT2D eigenvalue weighted by molar-refractivity contribution is 5.28. The van der Waals surface area contributed by atoms with Crippen LogP contribution in [0.2, 0.25) is 0 Å². The molecule has 0 N–H and O–H groups in total. The lowest BCUT2D eigenvalue weighted by Gasteiger charge is -2.16. The van der Waals surface area contributed by atoms with Crippen LogP contribution in [0.15, 0.2) is 35.4 Å². The molecule has 0 amide bonds. The summed E-state index contributed by atoms with van der Waals surface area (Å²) in [5, 5.41) is 0. The highest BCUT2D eigenvalue weighted by atomic mass is 16.5. The Morgan fingerprint density at radius 2 is 1.89 bits per heavy atom. The van der Waals surface area contributed by atoms with Crippen LogP contribution in [0.3, 0.4) is 0 Å². The summed E-state index contributed by atoms with van der Waals surface area (Å²) in [6, 6.07) is 8.40. The molecule has 1 aliphatic rings. The average molecular weight is 245 g/mol. The zero-order chi connectivity index (χ0) is 13.0. The van der Waals surface area contributed by atoms with Crippen LogP contribution >= 0.6 is 0 Å². The van der Waals surface area contributed by atoms with Gasteiger partial charge in [0.15, 0.2) is 0 Å². The number of rotatable bonds is 5.